The quantitative estimate of drug-likeness (QED) is 0.694. The molecular formula is C15H21O6P. The van der Waals surface area contributed by atoms with Crippen LogP contribution in [0.5, 0.6) is 0 Å². The SMILES string of the molecule is C[C@H](C(=O)O)c1ccc(C[C@H]2CCC[C@@H]2OP(=O)(O)O)cc1. The lowest BCUT2D eigenvalue weighted by atomic mass is 9.94. The van der Waals surface area contributed by atoms with E-state index in [9.17, 15) is 9.36 Å². The van der Waals surface area contributed by atoms with Crippen LogP contribution in [0.4, 0.5) is 0 Å². The number of carboxylic acids is 1. The number of phosphoric ester groups is 1. The molecule has 6 nitrogen and oxygen atoms in total. The molecular weight excluding hydrogens is 307 g/mol. The average Bonchev–Trinajstić information content (AvgIpc) is 2.84. The van der Waals surface area contributed by atoms with E-state index in [0.29, 0.717) is 12.8 Å². The van der Waals surface area contributed by atoms with E-state index >= 15 is 0 Å². The van der Waals surface area contributed by atoms with E-state index in [4.69, 9.17) is 19.4 Å². The Morgan fingerprint density at radius 2 is 1.95 bits per heavy atom. The number of carboxylic acid groups (broad SMARTS) is 1. The first-order chi connectivity index (χ1) is 10.3. The van der Waals surface area contributed by atoms with Crippen molar-refractivity contribution in [3.8, 4) is 0 Å². The molecule has 0 radical (unpaired) electrons. The van der Waals surface area contributed by atoms with Crippen LogP contribution >= 0.6 is 7.82 Å². The maximum absolute atomic E-state index is 11.0. The van der Waals surface area contributed by atoms with E-state index in [2.05, 4.69) is 0 Å². The van der Waals surface area contributed by atoms with Gasteiger partial charge in [0.25, 0.3) is 0 Å². The summed E-state index contributed by atoms with van der Waals surface area (Å²) in [6.45, 7) is 1.64. The average molecular weight is 328 g/mol. The topological polar surface area (TPSA) is 104 Å². The molecule has 1 aliphatic rings. The Morgan fingerprint density at radius 3 is 2.50 bits per heavy atom. The van der Waals surface area contributed by atoms with Crippen molar-refractivity contribution in [1.82, 2.24) is 0 Å². The molecule has 2 rings (SSSR count). The van der Waals surface area contributed by atoms with Gasteiger partial charge in [0, 0.05) is 0 Å². The van der Waals surface area contributed by atoms with Crippen LogP contribution in [0.2, 0.25) is 0 Å². The van der Waals surface area contributed by atoms with Gasteiger partial charge >= 0.3 is 13.8 Å². The van der Waals surface area contributed by atoms with Crippen LogP contribution in [0.1, 0.15) is 43.2 Å². The minimum absolute atomic E-state index is 0.0790. The van der Waals surface area contributed by atoms with Crippen LogP contribution in [0.25, 0.3) is 0 Å². The van der Waals surface area contributed by atoms with Crippen molar-refractivity contribution < 1.29 is 28.8 Å². The largest absolute Gasteiger partial charge is 0.481 e. The Labute approximate surface area is 129 Å². The first kappa shape index (κ1) is 17.2. The molecule has 0 spiro atoms. The highest BCUT2D eigenvalue weighted by molar-refractivity contribution is 7.46. The lowest BCUT2D eigenvalue weighted by Gasteiger charge is -2.20. The highest BCUT2D eigenvalue weighted by Gasteiger charge is 2.33. The third kappa shape index (κ3) is 4.65. The van der Waals surface area contributed by atoms with Crippen molar-refractivity contribution in [2.24, 2.45) is 5.92 Å². The minimum atomic E-state index is -4.45. The van der Waals surface area contributed by atoms with E-state index in [1.807, 2.05) is 12.1 Å². The highest BCUT2D eigenvalue weighted by Crippen LogP contribution is 2.44. The van der Waals surface area contributed by atoms with Crippen LogP contribution in [0.15, 0.2) is 24.3 Å². The van der Waals surface area contributed by atoms with Crippen LogP contribution in [0.3, 0.4) is 0 Å². The summed E-state index contributed by atoms with van der Waals surface area (Å²) in [5, 5.41) is 8.99. The Bertz CT molecular complexity index is 564. The van der Waals surface area contributed by atoms with Gasteiger partial charge in [0.1, 0.15) is 0 Å². The summed E-state index contributed by atoms with van der Waals surface area (Å²) in [7, 11) is -4.45. The van der Waals surface area contributed by atoms with Crippen LogP contribution < -0.4 is 0 Å². The van der Waals surface area contributed by atoms with E-state index in [0.717, 1.165) is 24.0 Å². The van der Waals surface area contributed by atoms with Gasteiger partial charge in [-0.05, 0) is 43.2 Å². The molecule has 7 heteroatoms. The van der Waals surface area contributed by atoms with E-state index in [1.165, 1.54) is 0 Å². The smallest absolute Gasteiger partial charge is 0.469 e. The molecule has 1 saturated carbocycles. The molecule has 1 aromatic rings. The Balaban J connectivity index is 2.01. The molecule has 0 heterocycles. The first-order valence-corrected chi connectivity index (χ1v) is 8.85. The molecule has 1 aromatic carbocycles. The summed E-state index contributed by atoms with van der Waals surface area (Å²) in [4.78, 5) is 28.8. The van der Waals surface area contributed by atoms with Gasteiger partial charge in [0.15, 0.2) is 0 Å². The van der Waals surface area contributed by atoms with Crippen molar-refractivity contribution in [3.05, 3.63) is 35.4 Å². The summed E-state index contributed by atoms with van der Waals surface area (Å²) in [6, 6.07) is 7.34. The first-order valence-electron chi connectivity index (χ1n) is 7.32. The molecule has 0 aliphatic heterocycles. The number of carbonyl (C=O) groups is 1. The van der Waals surface area contributed by atoms with Gasteiger partial charge in [0.05, 0.1) is 12.0 Å². The second-order valence-corrected chi connectivity index (χ2v) is 7.02. The summed E-state index contributed by atoms with van der Waals surface area (Å²) in [6.07, 6.45) is 2.68. The molecule has 122 valence electrons. The molecule has 0 amide bonds. The van der Waals surface area contributed by atoms with Crippen molar-refractivity contribution in [2.45, 2.75) is 44.6 Å². The number of phosphoric acid groups is 1. The van der Waals surface area contributed by atoms with Crippen molar-refractivity contribution >= 4 is 13.8 Å². The molecule has 3 N–H and O–H groups in total. The summed E-state index contributed by atoms with van der Waals surface area (Å²) >= 11 is 0. The van der Waals surface area contributed by atoms with Crippen LogP contribution in [0, 0.1) is 5.92 Å². The maximum Gasteiger partial charge on any atom is 0.469 e. The van der Waals surface area contributed by atoms with Gasteiger partial charge in [0.2, 0.25) is 0 Å². The lowest BCUT2D eigenvalue weighted by molar-refractivity contribution is -0.138. The molecule has 0 unspecified atom stereocenters. The van der Waals surface area contributed by atoms with E-state index < -0.39 is 25.8 Å². The monoisotopic (exact) mass is 328 g/mol. The Kier molecular flexibility index (Phi) is 5.40. The molecule has 22 heavy (non-hydrogen) atoms. The Morgan fingerprint density at radius 1 is 1.32 bits per heavy atom. The van der Waals surface area contributed by atoms with Gasteiger partial charge < -0.3 is 14.9 Å². The van der Waals surface area contributed by atoms with Gasteiger partial charge in [-0.1, -0.05) is 30.7 Å². The zero-order valence-electron chi connectivity index (χ0n) is 12.4. The van der Waals surface area contributed by atoms with Gasteiger partial charge in [-0.15, -0.1) is 0 Å². The van der Waals surface area contributed by atoms with E-state index in [-0.39, 0.29) is 5.92 Å². The number of benzene rings is 1. The van der Waals surface area contributed by atoms with Crippen LogP contribution in [-0.2, 0) is 20.3 Å². The molecule has 0 bridgehead atoms. The van der Waals surface area contributed by atoms with Gasteiger partial charge in [-0.2, -0.15) is 0 Å². The highest BCUT2D eigenvalue weighted by atomic mass is 31.2. The summed E-state index contributed by atoms with van der Waals surface area (Å²) in [5.74, 6) is -1.33. The maximum atomic E-state index is 11.0. The van der Waals surface area contributed by atoms with E-state index in [1.54, 1.807) is 19.1 Å². The fourth-order valence-corrected chi connectivity index (χ4v) is 3.57. The zero-order chi connectivity index (χ0) is 16.3. The second-order valence-electron chi connectivity index (χ2n) is 5.83. The molecule has 0 aromatic heterocycles. The van der Waals surface area contributed by atoms with Crippen LogP contribution in [-0.4, -0.2) is 27.0 Å². The molecule has 0 saturated heterocycles. The fourth-order valence-electron chi connectivity index (χ4n) is 2.94. The van der Waals surface area contributed by atoms with Gasteiger partial charge in [-0.25, -0.2) is 4.57 Å². The number of hydrogen-bond donors (Lipinski definition) is 3. The van der Waals surface area contributed by atoms with Crippen molar-refractivity contribution in [3.63, 3.8) is 0 Å². The number of hydrogen-bond acceptors (Lipinski definition) is 3. The fraction of sp³-hybridized carbons (Fsp3) is 0.533. The minimum Gasteiger partial charge on any atom is -0.481 e. The van der Waals surface area contributed by atoms with Crippen molar-refractivity contribution in [1.29, 1.82) is 0 Å². The Hall–Kier alpha value is -1.20. The van der Waals surface area contributed by atoms with Crippen molar-refractivity contribution in [2.75, 3.05) is 0 Å². The predicted octanol–water partition coefficient (Wildman–Crippen LogP) is 2.70. The predicted molar refractivity (Wildman–Crippen MR) is 80.5 cm³/mol. The zero-order valence-corrected chi connectivity index (χ0v) is 13.3. The lowest BCUT2D eigenvalue weighted by Crippen LogP contribution is -2.19. The molecule has 3 atom stereocenters. The van der Waals surface area contributed by atoms with Gasteiger partial charge in [-0.3, -0.25) is 9.32 Å². The number of rotatable bonds is 6. The second kappa shape index (κ2) is 6.92. The molecule has 1 aliphatic carbocycles. The normalized spacial score (nSPS) is 23.4. The third-order valence-corrected chi connectivity index (χ3v) is 4.76. The summed E-state index contributed by atoms with van der Waals surface area (Å²) < 4.78 is 15.9. The third-order valence-electron chi connectivity index (χ3n) is 4.21. The standard InChI is InChI=1S/C15H21O6P/c1-10(15(16)17)12-7-5-11(6-8-12)9-13-3-2-4-14(13)21-22(18,19)20/h5-8,10,13-14H,2-4,9H2,1H3,(H,16,17)(H2,18,19,20)/t10-,13+,14-/m0/s1. The molecule has 1 fully saturated rings. The summed E-state index contributed by atoms with van der Waals surface area (Å²) in [5.41, 5.74) is 1.76. The number of aliphatic carboxylic acids is 1.